The quantitative estimate of drug-likeness (QED) is 0.752. The predicted molar refractivity (Wildman–Crippen MR) is 89.3 cm³/mol. The summed E-state index contributed by atoms with van der Waals surface area (Å²) in [6.07, 6.45) is 4.90. The van der Waals surface area contributed by atoms with E-state index < -0.39 is 5.60 Å². The second-order valence-electron chi connectivity index (χ2n) is 6.21. The molecule has 114 valence electrons. The summed E-state index contributed by atoms with van der Waals surface area (Å²) in [7, 11) is 0. The first kappa shape index (κ1) is 15.5. The molecule has 1 heterocycles. The first-order valence-electron chi connectivity index (χ1n) is 7.46. The van der Waals surface area contributed by atoms with Gasteiger partial charge in [-0.05, 0) is 37.5 Å². The summed E-state index contributed by atoms with van der Waals surface area (Å²) in [5, 5.41) is 10.7. The summed E-state index contributed by atoms with van der Waals surface area (Å²) in [6, 6.07) is 5.64. The van der Waals surface area contributed by atoms with Crippen LogP contribution < -0.4 is 0 Å². The zero-order valence-electron chi connectivity index (χ0n) is 11.8. The monoisotopic (exact) mass is 415 g/mol. The number of piperidine rings is 1. The van der Waals surface area contributed by atoms with Crippen LogP contribution in [0.15, 0.2) is 27.1 Å². The number of amides is 1. The fourth-order valence-electron chi connectivity index (χ4n) is 3.62. The van der Waals surface area contributed by atoms with E-state index in [-0.39, 0.29) is 11.8 Å². The molecular formula is C16H19Br2NO2. The average Bonchev–Trinajstić information content (AvgIpc) is 2.44. The molecule has 1 aliphatic carbocycles. The van der Waals surface area contributed by atoms with Gasteiger partial charge in [0.05, 0.1) is 5.60 Å². The minimum Gasteiger partial charge on any atom is -0.389 e. The van der Waals surface area contributed by atoms with Crippen molar-refractivity contribution in [1.29, 1.82) is 0 Å². The maximum Gasteiger partial charge on any atom is 0.253 e. The Balaban J connectivity index is 1.77. The van der Waals surface area contributed by atoms with Crippen molar-refractivity contribution in [3.8, 4) is 0 Å². The second kappa shape index (κ2) is 6.01. The number of halogens is 2. The molecule has 0 bridgehead atoms. The van der Waals surface area contributed by atoms with Crippen LogP contribution in [0.25, 0.3) is 0 Å². The molecule has 5 heteroatoms. The standard InChI is InChI=1S/C16H19Br2NO2/c17-13-7-11(8-14(18)9-13)15(20)19-6-5-16(21)4-2-1-3-12(16)10-19/h7-9,12,21H,1-6,10H2. The van der Waals surface area contributed by atoms with E-state index in [4.69, 9.17) is 0 Å². The Morgan fingerprint density at radius 2 is 1.90 bits per heavy atom. The fraction of sp³-hybridized carbons (Fsp3) is 0.562. The highest BCUT2D eigenvalue weighted by Gasteiger charge is 2.43. The molecule has 2 fully saturated rings. The van der Waals surface area contributed by atoms with Crippen LogP contribution in [0.3, 0.4) is 0 Å². The lowest BCUT2D eigenvalue weighted by atomic mass is 9.71. The lowest BCUT2D eigenvalue weighted by molar-refractivity contribution is -0.0886. The summed E-state index contributed by atoms with van der Waals surface area (Å²) in [5.74, 6) is 0.296. The average molecular weight is 417 g/mol. The predicted octanol–water partition coefficient (Wildman–Crippen LogP) is 3.98. The normalized spacial score (nSPS) is 29.1. The Kier molecular flexibility index (Phi) is 4.44. The number of nitrogens with zero attached hydrogens (tertiary/aromatic N) is 1. The Labute approximate surface area is 142 Å². The van der Waals surface area contributed by atoms with Crippen LogP contribution in [0, 0.1) is 5.92 Å². The van der Waals surface area contributed by atoms with Gasteiger partial charge in [0, 0.05) is 33.5 Å². The number of hydrogen-bond donors (Lipinski definition) is 1. The van der Waals surface area contributed by atoms with Crippen molar-refractivity contribution in [1.82, 2.24) is 4.90 Å². The molecule has 1 N–H and O–H groups in total. The molecule has 3 nitrogen and oxygen atoms in total. The van der Waals surface area contributed by atoms with Gasteiger partial charge in [-0.2, -0.15) is 0 Å². The van der Waals surface area contributed by atoms with Crippen LogP contribution in [0.5, 0.6) is 0 Å². The van der Waals surface area contributed by atoms with E-state index in [0.29, 0.717) is 25.1 Å². The summed E-state index contributed by atoms with van der Waals surface area (Å²) in [6.45, 7) is 1.33. The molecular weight excluding hydrogens is 398 g/mol. The number of carbonyl (C=O) groups is 1. The maximum atomic E-state index is 12.7. The third kappa shape index (κ3) is 3.20. The van der Waals surface area contributed by atoms with E-state index in [9.17, 15) is 9.90 Å². The van der Waals surface area contributed by atoms with Crippen LogP contribution in [0.1, 0.15) is 42.5 Å². The lowest BCUT2D eigenvalue weighted by Crippen LogP contribution is -2.54. The Morgan fingerprint density at radius 3 is 2.62 bits per heavy atom. The molecule has 2 atom stereocenters. The van der Waals surface area contributed by atoms with Crippen LogP contribution in [0.4, 0.5) is 0 Å². The second-order valence-corrected chi connectivity index (χ2v) is 8.04. The van der Waals surface area contributed by atoms with Crippen molar-refractivity contribution in [2.24, 2.45) is 5.92 Å². The molecule has 1 amide bonds. The van der Waals surface area contributed by atoms with E-state index in [0.717, 1.165) is 34.6 Å². The van der Waals surface area contributed by atoms with Crippen molar-refractivity contribution in [3.63, 3.8) is 0 Å². The highest BCUT2D eigenvalue weighted by Crippen LogP contribution is 2.40. The lowest BCUT2D eigenvalue weighted by Gasteiger charge is -2.47. The van der Waals surface area contributed by atoms with Crippen LogP contribution in [-0.2, 0) is 0 Å². The van der Waals surface area contributed by atoms with Gasteiger partial charge in [0.1, 0.15) is 0 Å². The van der Waals surface area contributed by atoms with E-state index in [1.165, 1.54) is 0 Å². The highest BCUT2D eigenvalue weighted by molar-refractivity contribution is 9.11. The molecule has 2 unspecified atom stereocenters. The van der Waals surface area contributed by atoms with Gasteiger partial charge in [-0.1, -0.05) is 44.7 Å². The van der Waals surface area contributed by atoms with Gasteiger partial charge in [-0.3, -0.25) is 4.79 Å². The first-order chi connectivity index (χ1) is 9.98. The maximum absolute atomic E-state index is 12.7. The number of likely N-dealkylation sites (tertiary alicyclic amines) is 1. The summed E-state index contributed by atoms with van der Waals surface area (Å²) in [5.41, 5.74) is 0.157. The van der Waals surface area contributed by atoms with Gasteiger partial charge in [0.15, 0.2) is 0 Å². The van der Waals surface area contributed by atoms with E-state index >= 15 is 0 Å². The molecule has 0 spiro atoms. The topological polar surface area (TPSA) is 40.5 Å². The minimum atomic E-state index is -0.535. The zero-order valence-corrected chi connectivity index (χ0v) is 15.0. The first-order valence-corrected chi connectivity index (χ1v) is 9.04. The van der Waals surface area contributed by atoms with Gasteiger partial charge in [0.2, 0.25) is 0 Å². The van der Waals surface area contributed by atoms with E-state index in [1.54, 1.807) is 0 Å². The molecule has 21 heavy (non-hydrogen) atoms. The third-order valence-electron chi connectivity index (χ3n) is 4.82. The highest BCUT2D eigenvalue weighted by atomic mass is 79.9. The van der Waals surface area contributed by atoms with Crippen LogP contribution in [-0.4, -0.2) is 34.6 Å². The van der Waals surface area contributed by atoms with Crippen LogP contribution in [0.2, 0.25) is 0 Å². The van der Waals surface area contributed by atoms with Gasteiger partial charge < -0.3 is 10.0 Å². The number of rotatable bonds is 1. The molecule has 1 aromatic rings. The summed E-state index contributed by atoms with van der Waals surface area (Å²) >= 11 is 6.86. The smallest absolute Gasteiger partial charge is 0.253 e. The van der Waals surface area contributed by atoms with Gasteiger partial charge in [0.25, 0.3) is 5.91 Å². The summed E-state index contributed by atoms with van der Waals surface area (Å²) < 4.78 is 1.79. The number of benzene rings is 1. The van der Waals surface area contributed by atoms with Crippen molar-refractivity contribution in [2.75, 3.05) is 13.1 Å². The molecule has 1 saturated heterocycles. The molecule has 1 aliphatic heterocycles. The molecule has 0 radical (unpaired) electrons. The van der Waals surface area contributed by atoms with Crippen molar-refractivity contribution < 1.29 is 9.90 Å². The number of hydrogen-bond acceptors (Lipinski definition) is 2. The van der Waals surface area contributed by atoms with Gasteiger partial charge >= 0.3 is 0 Å². The van der Waals surface area contributed by atoms with Crippen molar-refractivity contribution >= 4 is 37.8 Å². The van der Waals surface area contributed by atoms with Gasteiger partial charge in [-0.15, -0.1) is 0 Å². The van der Waals surface area contributed by atoms with Crippen molar-refractivity contribution in [3.05, 3.63) is 32.7 Å². The molecule has 1 aromatic carbocycles. The molecule has 0 aromatic heterocycles. The minimum absolute atomic E-state index is 0.0598. The summed E-state index contributed by atoms with van der Waals surface area (Å²) in [4.78, 5) is 14.6. The molecule has 3 rings (SSSR count). The third-order valence-corrected chi connectivity index (χ3v) is 5.74. The fourth-order valence-corrected chi connectivity index (χ4v) is 4.91. The Hall–Kier alpha value is -0.390. The Bertz CT molecular complexity index is 543. The van der Waals surface area contributed by atoms with Gasteiger partial charge in [-0.25, -0.2) is 0 Å². The number of aliphatic hydroxyl groups is 1. The SMILES string of the molecule is O=C(c1cc(Br)cc(Br)c1)N1CCC2(O)CCCCC2C1. The van der Waals surface area contributed by atoms with Crippen molar-refractivity contribution in [2.45, 2.75) is 37.7 Å². The zero-order chi connectivity index (χ0) is 15.0. The number of carbonyl (C=O) groups excluding carboxylic acids is 1. The van der Waals surface area contributed by atoms with E-state index in [2.05, 4.69) is 31.9 Å². The molecule has 1 saturated carbocycles. The largest absolute Gasteiger partial charge is 0.389 e. The Morgan fingerprint density at radius 1 is 1.19 bits per heavy atom. The van der Waals surface area contributed by atoms with Crippen LogP contribution >= 0.6 is 31.9 Å². The van der Waals surface area contributed by atoms with E-state index in [1.807, 2.05) is 23.1 Å². The number of fused-ring (bicyclic) bond motifs is 1. The molecule has 2 aliphatic rings.